The largest absolute Gasteiger partial charge is 0.314 e. The van der Waals surface area contributed by atoms with Crippen LogP contribution in [0.4, 0.5) is 0 Å². The van der Waals surface area contributed by atoms with Gasteiger partial charge < -0.3 is 10.2 Å². The minimum atomic E-state index is 0.920. The Morgan fingerprint density at radius 2 is 1.83 bits per heavy atom. The number of rotatable bonds is 6. The molecule has 2 rings (SSSR count). The van der Waals surface area contributed by atoms with Gasteiger partial charge in [0.25, 0.3) is 0 Å². The van der Waals surface area contributed by atoms with Gasteiger partial charge in [0.1, 0.15) is 0 Å². The molecule has 0 unspecified atom stereocenters. The SMILES string of the molecule is CN(C)CCNCCN1CCC[C@H]2CCCC[C@H]21. The molecule has 1 saturated carbocycles. The standard InChI is InChI=1S/C15H31N3/c1-17(2)12-9-16-10-13-18-11-5-7-14-6-3-4-8-15(14)18/h14-16H,3-13H2,1-2H3/t14-,15-/m1/s1. The van der Waals surface area contributed by atoms with Gasteiger partial charge in [-0.1, -0.05) is 12.8 Å². The van der Waals surface area contributed by atoms with Crippen molar-refractivity contribution in [2.24, 2.45) is 5.92 Å². The zero-order chi connectivity index (χ0) is 12.8. The predicted molar refractivity (Wildman–Crippen MR) is 78.0 cm³/mol. The molecule has 0 bridgehead atoms. The van der Waals surface area contributed by atoms with Gasteiger partial charge in [0.05, 0.1) is 0 Å². The third kappa shape index (κ3) is 4.22. The second-order valence-corrected chi connectivity index (χ2v) is 6.34. The number of piperidine rings is 1. The number of hydrogen-bond donors (Lipinski definition) is 1. The first kappa shape index (κ1) is 14.3. The van der Waals surface area contributed by atoms with Gasteiger partial charge in [-0.2, -0.15) is 0 Å². The number of nitrogens with zero attached hydrogens (tertiary/aromatic N) is 2. The van der Waals surface area contributed by atoms with Crippen molar-refractivity contribution in [1.82, 2.24) is 15.1 Å². The number of hydrogen-bond acceptors (Lipinski definition) is 3. The molecule has 0 amide bonds. The third-order valence-electron chi connectivity index (χ3n) is 4.67. The van der Waals surface area contributed by atoms with E-state index in [1.165, 1.54) is 51.6 Å². The topological polar surface area (TPSA) is 18.5 Å². The molecule has 1 saturated heterocycles. The lowest BCUT2D eigenvalue weighted by Gasteiger charge is -2.44. The first-order valence-electron chi connectivity index (χ1n) is 7.87. The zero-order valence-electron chi connectivity index (χ0n) is 12.3. The van der Waals surface area contributed by atoms with Gasteiger partial charge in [0.2, 0.25) is 0 Å². The van der Waals surface area contributed by atoms with E-state index in [1.807, 2.05) is 0 Å². The third-order valence-corrected chi connectivity index (χ3v) is 4.67. The molecule has 0 aromatic rings. The van der Waals surface area contributed by atoms with E-state index in [2.05, 4.69) is 29.2 Å². The fourth-order valence-corrected chi connectivity index (χ4v) is 3.66. The van der Waals surface area contributed by atoms with Crippen molar-refractivity contribution in [3.63, 3.8) is 0 Å². The molecule has 1 N–H and O–H groups in total. The number of likely N-dealkylation sites (N-methyl/N-ethyl adjacent to an activating group) is 1. The van der Waals surface area contributed by atoms with Crippen LogP contribution in [0.5, 0.6) is 0 Å². The van der Waals surface area contributed by atoms with Crippen molar-refractivity contribution in [3.05, 3.63) is 0 Å². The minimum absolute atomic E-state index is 0.920. The molecule has 106 valence electrons. The van der Waals surface area contributed by atoms with Crippen LogP contribution < -0.4 is 5.32 Å². The van der Waals surface area contributed by atoms with E-state index in [4.69, 9.17) is 0 Å². The van der Waals surface area contributed by atoms with E-state index in [0.29, 0.717) is 0 Å². The second-order valence-electron chi connectivity index (χ2n) is 6.34. The highest BCUT2D eigenvalue weighted by atomic mass is 15.2. The summed E-state index contributed by atoms with van der Waals surface area (Å²) < 4.78 is 0. The van der Waals surface area contributed by atoms with Gasteiger partial charge in [-0.3, -0.25) is 4.90 Å². The average Bonchev–Trinajstić information content (AvgIpc) is 2.38. The Morgan fingerprint density at radius 3 is 2.67 bits per heavy atom. The van der Waals surface area contributed by atoms with Crippen molar-refractivity contribution in [2.45, 2.75) is 44.6 Å². The van der Waals surface area contributed by atoms with E-state index in [0.717, 1.165) is 31.6 Å². The summed E-state index contributed by atoms with van der Waals surface area (Å²) in [4.78, 5) is 5.01. The zero-order valence-corrected chi connectivity index (χ0v) is 12.3. The number of nitrogens with one attached hydrogen (secondary N) is 1. The average molecular weight is 253 g/mol. The molecule has 18 heavy (non-hydrogen) atoms. The van der Waals surface area contributed by atoms with Crippen molar-refractivity contribution in [2.75, 3.05) is 46.8 Å². The first-order valence-corrected chi connectivity index (χ1v) is 7.87. The fraction of sp³-hybridized carbons (Fsp3) is 1.00. The molecule has 3 heteroatoms. The summed E-state index contributed by atoms with van der Waals surface area (Å²) in [5.74, 6) is 1.02. The molecule has 0 aromatic heterocycles. The highest BCUT2D eigenvalue weighted by molar-refractivity contribution is 4.87. The molecule has 0 spiro atoms. The molecule has 1 aliphatic heterocycles. The fourth-order valence-electron chi connectivity index (χ4n) is 3.66. The van der Waals surface area contributed by atoms with Gasteiger partial charge in [-0.05, 0) is 52.2 Å². The van der Waals surface area contributed by atoms with Crippen LogP contribution in [-0.4, -0.2) is 62.7 Å². The monoisotopic (exact) mass is 253 g/mol. The van der Waals surface area contributed by atoms with Crippen LogP contribution in [0.3, 0.4) is 0 Å². The Bertz CT molecular complexity index is 228. The van der Waals surface area contributed by atoms with Crippen LogP contribution in [0.25, 0.3) is 0 Å². The smallest absolute Gasteiger partial charge is 0.0124 e. The molecule has 1 aliphatic carbocycles. The molecule has 3 nitrogen and oxygen atoms in total. The van der Waals surface area contributed by atoms with E-state index in [1.54, 1.807) is 0 Å². The van der Waals surface area contributed by atoms with Gasteiger partial charge >= 0.3 is 0 Å². The van der Waals surface area contributed by atoms with Gasteiger partial charge in [0, 0.05) is 32.2 Å². The highest BCUT2D eigenvalue weighted by Gasteiger charge is 2.32. The lowest BCUT2D eigenvalue weighted by atomic mass is 9.78. The maximum Gasteiger partial charge on any atom is 0.0124 e. The summed E-state index contributed by atoms with van der Waals surface area (Å²) in [6.07, 6.45) is 8.83. The Kier molecular flexibility index (Phi) is 5.93. The second kappa shape index (κ2) is 7.46. The van der Waals surface area contributed by atoms with Crippen molar-refractivity contribution < 1.29 is 0 Å². The Morgan fingerprint density at radius 1 is 1.06 bits per heavy atom. The normalized spacial score (nSPS) is 29.5. The summed E-state index contributed by atoms with van der Waals surface area (Å²) in [7, 11) is 4.28. The summed E-state index contributed by atoms with van der Waals surface area (Å²) in [6.45, 7) is 6.03. The van der Waals surface area contributed by atoms with E-state index < -0.39 is 0 Å². The van der Waals surface area contributed by atoms with Gasteiger partial charge in [-0.25, -0.2) is 0 Å². The molecule has 0 radical (unpaired) electrons. The molecule has 1 heterocycles. The van der Waals surface area contributed by atoms with Crippen LogP contribution in [-0.2, 0) is 0 Å². The van der Waals surface area contributed by atoms with Crippen LogP contribution in [0.15, 0.2) is 0 Å². The molecular formula is C15H31N3. The molecule has 2 atom stereocenters. The van der Waals surface area contributed by atoms with Crippen LogP contribution in [0, 0.1) is 5.92 Å². The van der Waals surface area contributed by atoms with Crippen LogP contribution >= 0.6 is 0 Å². The van der Waals surface area contributed by atoms with Crippen molar-refractivity contribution in [1.29, 1.82) is 0 Å². The summed E-state index contributed by atoms with van der Waals surface area (Å²) in [6, 6.07) is 0.920. The van der Waals surface area contributed by atoms with Gasteiger partial charge in [0.15, 0.2) is 0 Å². The van der Waals surface area contributed by atoms with E-state index in [9.17, 15) is 0 Å². The Hall–Kier alpha value is -0.120. The predicted octanol–water partition coefficient (Wildman–Crippen LogP) is 1.79. The number of likely N-dealkylation sites (tertiary alicyclic amines) is 1. The first-order chi connectivity index (χ1) is 8.77. The van der Waals surface area contributed by atoms with E-state index >= 15 is 0 Å². The van der Waals surface area contributed by atoms with E-state index in [-0.39, 0.29) is 0 Å². The lowest BCUT2D eigenvalue weighted by Crippen LogP contribution is -2.49. The van der Waals surface area contributed by atoms with Gasteiger partial charge in [-0.15, -0.1) is 0 Å². The Balaban J connectivity index is 1.65. The van der Waals surface area contributed by atoms with Crippen molar-refractivity contribution in [3.8, 4) is 0 Å². The minimum Gasteiger partial charge on any atom is -0.314 e. The molecule has 2 aliphatic rings. The molecular weight excluding hydrogens is 222 g/mol. The highest BCUT2D eigenvalue weighted by Crippen LogP contribution is 2.34. The maximum atomic E-state index is 3.58. The molecule has 0 aromatic carbocycles. The maximum absolute atomic E-state index is 3.58. The van der Waals surface area contributed by atoms with Crippen LogP contribution in [0.2, 0.25) is 0 Å². The lowest BCUT2D eigenvalue weighted by molar-refractivity contribution is 0.0618. The summed E-state index contributed by atoms with van der Waals surface area (Å²) >= 11 is 0. The summed E-state index contributed by atoms with van der Waals surface area (Å²) in [5, 5.41) is 3.58. The summed E-state index contributed by atoms with van der Waals surface area (Å²) in [5.41, 5.74) is 0. The Labute approximate surface area is 113 Å². The van der Waals surface area contributed by atoms with Crippen molar-refractivity contribution >= 4 is 0 Å². The quantitative estimate of drug-likeness (QED) is 0.728. The van der Waals surface area contributed by atoms with Crippen LogP contribution in [0.1, 0.15) is 38.5 Å². The molecule has 2 fully saturated rings. The number of fused-ring (bicyclic) bond motifs is 1.